The summed E-state index contributed by atoms with van der Waals surface area (Å²) in [5.41, 5.74) is 7.72. The number of thioether (sulfide) groups is 1. The van der Waals surface area contributed by atoms with E-state index in [1.165, 1.54) is 5.56 Å². The van der Waals surface area contributed by atoms with Gasteiger partial charge in [0.05, 0.1) is 24.2 Å². The van der Waals surface area contributed by atoms with E-state index in [1.54, 1.807) is 28.8 Å². The third-order valence-corrected chi connectivity index (χ3v) is 4.03. The Kier molecular flexibility index (Phi) is 4.11. The number of benzene rings is 1. The average Bonchev–Trinajstić information content (AvgIpc) is 2.95. The van der Waals surface area contributed by atoms with Crippen molar-refractivity contribution in [2.24, 2.45) is 0 Å². The lowest BCUT2D eigenvalue weighted by atomic mass is 10.2. The normalized spacial score (nSPS) is 10.7. The van der Waals surface area contributed by atoms with Crippen LogP contribution in [0.3, 0.4) is 0 Å². The zero-order valence-corrected chi connectivity index (χ0v) is 12.1. The molecule has 7 heteroatoms. The Hall–Kier alpha value is -2.41. The smallest absolute Gasteiger partial charge is 0.161 e. The van der Waals surface area contributed by atoms with E-state index < -0.39 is 0 Å². The van der Waals surface area contributed by atoms with Gasteiger partial charge in [-0.05, 0) is 22.1 Å². The Morgan fingerprint density at radius 2 is 2.00 bits per heavy atom. The van der Waals surface area contributed by atoms with Crippen molar-refractivity contribution >= 4 is 17.4 Å². The first-order chi connectivity index (χ1) is 10.3. The van der Waals surface area contributed by atoms with Gasteiger partial charge in [0, 0.05) is 11.1 Å². The molecule has 0 aliphatic rings. The third-order valence-electron chi connectivity index (χ3n) is 2.95. The number of pyridine rings is 1. The summed E-state index contributed by atoms with van der Waals surface area (Å²) in [6.45, 7) is 0.662. The fourth-order valence-electron chi connectivity index (χ4n) is 1.87. The highest BCUT2D eigenvalue weighted by Gasteiger charge is 2.08. The van der Waals surface area contributed by atoms with Crippen LogP contribution in [0.15, 0.2) is 53.7 Å². The van der Waals surface area contributed by atoms with Crippen molar-refractivity contribution in [3.8, 4) is 0 Å². The molecule has 0 aliphatic carbocycles. The van der Waals surface area contributed by atoms with E-state index in [0.717, 1.165) is 10.7 Å². The Labute approximate surface area is 126 Å². The number of hydrogen-bond acceptors (Lipinski definition) is 6. The highest BCUT2D eigenvalue weighted by atomic mass is 32.2. The van der Waals surface area contributed by atoms with Gasteiger partial charge in [-0.25, -0.2) is 4.68 Å². The number of nitrogens with two attached hydrogens (primary N) is 1. The van der Waals surface area contributed by atoms with E-state index in [1.807, 2.05) is 24.3 Å². The first-order valence-electron chi connectivity index (χ1n) is 6.44. The molecule has 0 aliphatic heterocycles. The van der Waals surface area contributed by atoms with Crippen molar-refractivity contribution in [1.29, 1.82) is 0 Å². The lowest BCUT2D eigenvalue weighted by molar-refractivity contribution is 0.631. The van der Waals surface area contributed by atoms with Crippen LogP contribution in [-0.4, -0.2) is 25.2 Å². The third kappa shape index (κ3) is 3.38. The molecule has 0 saturated carbocycles. The van der Waals surface area contributed by atoms with E-state index in [9.17, 15) is 0 Å². The summed E-state index contributed by atoms with van der Waals surface area (Å²) in [5, 5.41) is 11.9. The van der Waals surface area contributed by atoms with Crippen LogP contribution in [0.2, 0.25) is 0 Å². The zero-order valence-electron chi connectivity index (χ0n) is 11.3. The van der Waals surface area contributed by atoms with Gasteiger partial charge in [0.2, 0.25) is 0 Å². The van der Waals surface area contributed by atoms with Crippen molar-refractivity contribution in [2.75, 3.05) is 5.73 Å². The Morgan fingerprint density at radius 1 is 1.14 bits per heavy atom. The van der Waals surface area contributed by atoms with Crippen LogP contribution in [0.25, 0.3) is 0 Å². The monoisotopic (exact) mass is 298 g/mol. The van der Waals surface area contributed by atoms with E-state index in [-0.39, 0.29) is 0 Å². The van der Waals surface area contributed by atoms with Crippen LogP contribution >= 0.6 is 11.8 Å². The number of nitrogens with zero attached hydrogens (tertiary/aromatic N) is 5. The molecule has 0 amide bonds. The molecule has 0 fully saturated rings. The lowest BCUT2D eigenvalue weighted by Gasteiger charge is -2.06. The number of nitrogen functional groups attached to an aromatic ring is 1. The minimum atomic E-state index is 0.661. The fourth-order valence-corrected chi connectivity index (χ4v) is 2.74. The number of aromatic nitrogens is 5. The van der Waals surface area contributed by atoms with Gasteiger partial charge in [0.25, 0.3) is 0 Å². The van der Waals surface area contributed by atoms with Crippen LogP contribution in [0.1, 0.15) is 11.4 Å². The van der Waals surface area contributed by atoms with Crippen LogP contribution in [-0.2, 0) is 12.3 Å². The fraction of sp³-hybridized carbons (Fsp3) is 0.143. The molecule has 3 aromatic rings. The standard InChI is InChI=1S/C14H14N6S/c15-12-8-16-7-6-13(12)21-10-14-17-18-19-20(14)9-11-4-2-1-3-5-11/h1-8H,9-10,15H2. The summed E-state index contributed by atoms with van der Waals surface area (Å²) >= 11 is 1.60. The zero-order chi connectivity index (χ0) is 14.5. The number of tetrazole rings is 1. The van der Waals surface area contributed by atoms with E-state index in [4.69, 9.17) is 5.73 Å². The molecule has 2 N–H and O–H groups in total. The van der Waals surface area contributed by atoms with Crippen molar-refractivity contribution < 1.29 is 0 Å². The second-order valence-electron chi connectivity index (χ2n) is 4.44. The molecule has 0 atom stereocenters. The first-order valence-corrected chi connectivity index (χ1v) is 7.43. The minimum absolute atomic E-state index is 0.661. The maximum absolute atomic E-state index is 5.88. The predicted molar refractivity (Wildman–Crippen MR) is 81.6 cm³/mol. The van der Waals surface area contributed by atoms with Crippen LogP contribution < -0.4 is 5.73 Å². The van der Waals surface area contributed by atoms with Gasteiger partial charge in [0.1, 0.15) is 0 Å². The van der Waals surface area contributed by atoms with Gasteiger partial charge in [-0.1, -0.05) is 30.3 Å². The maximum Gasteiger partial charge on any atom is 0.161 e. The molecule has 6 nitrogen and oxygen atoms in total. The lowest BCUT2D eigenvalue weighted by Crippen LogP contribution is -2.06. The summed E-state index contributed by atoms with van der Waals surface area (Å²) in [4.78, 5) is 4.96. The van der Waals surface area contributed by atoms with E-state index in [0.29, 0.717) is 18.0 Å². The molecular formula is C14H14N6S. The van der Waals surface area contributed by atoms with Gasteiger partial charge >= 0.3 is 0 Å². The Balaban J connectivity index is 1.70. The molecule has 3 rings (SSSR count). The van der Waals surface area contributed by atoms with Crippen molar-refractivity contribution in [1.82, 2.24) is 25.2 Å². The topological polar surface area (TPSA) is 82.5 Å². The summed E-state index contributed by atoms with van der Waals surface area (Å²) in [5.74, 6) is 1.48. The summed E-state index contributed by atoms with van der Waals surface area (Å²) in [7, 11) is 0. The van der Waals surface area contributed by atoms with Gasteiger partial charge in [-0.2, -0.15) is 0 Å². The molecule has 1 aromatic carbocycles. The van der Waals surface area contributed by atoms with Gasteiger partial charge < -0.3 is 5.73 Å². The predicted octanol–water partition coefficient (Wildman–Crippen LogP) is 1.99. The average molecular weight is 298 g/mol. The molecule has 0 radical (unpaired) electrons. The van der Waals surface area contributed by atoms with Crippen LogP contribution in [0, 0.1) is 0 Å². The summed E-state index contributed by atoms with van der Waals surface area (Å²) in [6.07, 6.45) is 3.38. The molecule has 0 saturated heterocycles. The molecule has 0 spiro atoms. The van der Waals surface area contributed by atoms with Gasteiger partial charge in [-0.15, -0.1) is 16.9 Å². The number of anilines is 1. The largest absolute Gasteiger partial charge is 0.397 e. The van der Waals surface area contributed by atoms with Crippen LogP contribution in [0.5, 0.6) is 0 Å². The Bertz CT molecular complexity index is 712. The molecule has 2 aromatic heterocycles. The molecule has 21 heavy (non-hydrogen) atoms. The molecule has 2 heterocycles. The first kappa shape index (κ1) is 13.6. The minimum Gasteiger partial charge on any atom is -0.397 e. The second-order valence-corrected chi connectivity index (χ2v) is 5.46. The highest BCUT2D eigenvalue weighted by Crippen LogP contribution is 2.26. The van der Waals surface area contributed by atoms with Gasteiger partial charge in [0.15, 0.2) is 5.82 Å². The molecule has 106 valence electrons. The summed E-state index contributed by atoms with van der Waals surface area (Å²) < 4.78 is 1.81. The second kappa shape index (κ2) is 6.36. The molecular weight excluding hydrogens is 284 g/mol. The SMILES string of the molecule is Nc1cnccc1SCc1nnnn1Cc1ccccc1. The Morgan fingerprint density at radius 3 is 2.81 bits per heavy atom. The van der Waals surface area contributed by atoms with E-state index >= 15 is 0 Å². The number of rotatable bonds is 5. The maximum atomic E-state index is 5.88. The number of hydrogen-bond donors (Lipinski definition) is 1. The van der Waals surface area contributed by atoms with Crippen LogP contribution in [0.4, 0.5) is 5.69 Å². The van der Waals surface area contributed by atoms with Crippen molar-refractivity contribution in [2.45, 2.75) is 17.2 Å². The van der Waals surface area contributed by atoms with Crippen molar-refractivity contribution in [3.63, 3.8) is 0 Å². The summed E-state index contributed by atoms with van der Waals surface area (Å²) in [6, 6.07) is 12.0. The van der Waals surface area contributed by atoms with E-state index in [2.05, 4.69) is 32.6 Å². The quantitative estimate of drug-likeness (QED) is 0.725. The van der Waals surface area contributed by atoms with Gasteiger partial charge in [-0.3, -0.25) is 4.98 Å². The molecule has 0 bridgehead atoms. The molecule has 0 unspecified atom stereocenters. The highest BCUT2D eigenvalue weighted by molar-refractivity contribution is 7.98. The van der Waals surface area contributed by atoms with Crippen molar-refractivity contribution in [3.05, 3.63) is 60.2 Å².